The van der Waals surface area contributed by atoms with Crippen LogP contribution < -0.4 is 11.1 Å². The summed E-state index contributed by atoms with van der Waals surface area (Å²) in [6.07, 6.45) is 0.461. The van der Waals surface area contributed by atoms with Crippen molar-refractivity contribution in [2.24, 2.45) is 11.7 Å². The van der Waals surface area contributed by atoms with Gasteiger partial charge in [0, 0.05) is 13.0 Å². The van der Waals surface area contributed by atoms with Crippen molar-refractivity contribution >= 4 is 11.9 Å². The summed E-state index contributed by atoms with van der Waals surface area (Å²) in [5, 5.41) is 19.9. The summed E-state index contributed by atoms with van der Waals surface area (Å²) in [7, 11) is 0. The molecule has 6 nitrogen and oxygen atoms in total. The molecule has 1 rings (SSSR count). The Kier molecular flexibility index (Phi) is 3.88. The van der Waals surface area contributed by atoms with Crippen molar-refractivity contribution < 1.29 is 19.8 Å². The first-order valence-corrected chi connectivity index (χ1v) is 5.33. The Balaban J connectivity index is 2.27. The molecule has 92 valence electrons. The summed E-state index contributed by atoms with van der Waals surface area (Å²) in [5.74, 6) is -1.35. The predicted octanol–water partition coefficient (Wildman–Crippen LogP) is -0.934. The summed E-state index contributed by atoms with van der Waals surface area (Å²) >= 11 is 0. The van der Waals surface area contributed by atoms with Gasteiger partial charge in [0.05, 0.1) is 5.54 Å². The highest BCUT2D eigenvalue weighted by molar-refractivity contribution is 5.86. The van der Waals surface area contributed by atoms with E-state index in [9.17, 15) is 9.59 Å². The zero-order valence-corrected chi connectivity index (χ0v) is 9.27. The second-order valence-electron chi connectivity index (χ2n) is 4.46. The van der Waals surface area contributed by atoms with Crippen LogP contribution in [-0.4, -0.2) is 40.3 Å². The molecular formula is C10H18N2O4. The smallest absolute Gasteiger partial charge is 0.332 e. The van der Waals surface area contributed by atoms with Gasteiger partial charge in [-0.3, -0.25) is 4.79 Å². The van der Waals surface area contributed by atoms with Crippen molar-refractivity contribution in [3.05, 3.63) is 0 Å². The average molecular weight is 230 g/mol. The highest BCUT2D eigenvalue weighted by atomic mass is 16.4. The van der Waals surface area contributed by atoms with Crippen LogP contribution in [-0.2, 0) is 9.59 Å². The molecule has 1 aliphatic rings. The molecule has 6 heteroatoms. The molecule has 16 heavy (non-hydrogen) atoms. The quantitative estimate of drug-likeness (QED) is 0.470. The summed E-state index contributed by atoms with van der Waals surface area (Å²) in [5.41, 5.74) is 4.97. The molecule has 0 bridgehead atoms. The van der Waals surface area contributed by atoms with Crippen LogP contribution in [0, 0.1) is 5.92 Å². The molecule has 5 N–H and O–H groups in total. The van der Waals surface area contributed by atoms with Crippen LogP contribution in [0.4, 0.5) is 0 Å². The van der Waals surface area contributed by atoms with Crippen LogP contribution in [0.2, 0.25) is 0 Å². The van der Waals surface area contributed by atoms with Crippen LogP contribution in [0.5, 0.6) is 0 Å². The third-order valence-electron chi connectivity index (χ3n) is 2.90. The third kappa shape index (κ3) is 3.18. The van der Waals surface area contributed by atoms with E-state index in [1.54, 1.807) is 6.92 Å². The van der Waals surface area contributed by atoms with Crippen LogP contribution in [0.3, 0.4) is 0 Å². The van der Waals surface area contributed by atoms with Crippen molar-refractivity contribution in [1.82, 2.24) is 5.32 Å². The molecule has 0 aromatic heterocycles. The summed E-state index contributed by atoms with van der Waals surface area (Å²) in [6, 6.07) is 0. The Labute approximate surface area is 93.8 Å². The number of nitrogens with two attached hydrogens (primary N) is 1. The SMILES string of the molecule is CC(N)(C(=O)NCCC(O)C(=O)O)C1CC1. The average Bonchev–Trinajstić information content (AvgIpc) is 3.00. The van der Waals surface area contributed by atoms with Gasteiger partial charge in [0.2, 0.25) is 5.91 Å². The molecule has 1 amide bonds. The molecule has 0 radical (unpaired) electrons. The van der Waals surface area contributed by atoms with E-state index in [1.165, 1.54) is 0 Å². The molecule has 0 aliphatic heterocycles. The maximum Gasteiger partial charge on any atom is 0.332 e. The van der Waals surface area contributed by atoms with Gasteiger partial charge in [-0.15, -0.1) is 0 Å². The second-order valence-corrected chi connectivity index (χ2v) is 4.46. The van der Waals surface area contributed by atoms with Gasteiger partial charge in [-0.2, -0.15) is 0 Å². The van der Waals surface area contributed by atoms with Gasteiger partial charge in [0.15, 0.2) is 6.10 Å². The second kappa shape index (κ2) is 4.80. The van der Waals surface area contributed by atoms with Crippen LogP contribution in [0.1, 0.15) is 26.2 Å². The van der Waals surface area contributed by atoms with Crippen molar-refractivity contribution in [3.8, 4) is 0 Å². The molecule has 0 aromatic carbocycles. The van der Waals surface area contributed by atoms with Crippen LogP contribution in [0.25, 0.3) is 0 Å². The fourth-order valence-electron chi connectivity index (χ4n) is 1.50. The molecule has 0 heterocycles. The van der Waals surface area contributed by atoms with E-state index in [0.717, 1.165) is 12.8 Å². The minimum absolute atomic E-state index is 0.0121. The highest BCUT2D eigenvalue weighted by Gasteiger charge is 2.43. The Bertz CT molecular complexity index is 287. The fraction of sp³-hybridized carbons (Fsp3) is 0.800. The maximum absolute atomic E-state index is 11.6. The lowest BCUT2D eigenvalue weighted by Gasteiger charge is -2.23. The lowest BCUT2D eigenvalue weighted by molar-refractivity contribution is -0.147. The summed E-state index contributed by atoms with van der Waals surface area (Å²) in [4.78, 5) is 21.9. The lowest BCUT2D eigenvalue weighted by atomic mass is 9.96. The van der Waals surface area contributed by atoms with Crippen LogP contribution >= 0.6 is 0 Å². The van der Waals surface area contributed by atoms with Gasteiger partial charge in [-0.05, 0) is 25.7 Å². The van der Waals surface area contributed by atoms with Gasteiger partial charge in [0.1, 0.15) is 0 Å². The summed E-state index contributed by atoms with van der Waals surface area (Å²) < 4.78 is 0. The standard InChI is InChI=1S/C10H18N2O4/c1-10(11,6-2-3-6)9(16)12-5-4-7(13)8(14)15/h6-7,13H,2-5,11H2,1H3,(H,12,16)(H,14,15). The topological polar surface area (TPSA) is 113 Å². The zero-order valence-electron chi connectivity index (χ0n) is 9.27. The number of carbonyl (C=O) groups is 2. The lowest BCUT2D eigenvalue weighted by Crippen LogP contribution is -2.53. The van der Waals surface area contributed by atoms with Crippen molar-refractivity contribution in [3.63, 3.8) is 0 Å². The van der Waals surface area contributed by atoms with E-state index in [1.807, 2.05) is 0 Å². The first-order chi connectivity index (χ1) is 7.35. The number of rotatable bonds is 6. The number of amides is 1. The van der Waals surface area contributed by atoms with Crippen molar-refractivity contribution in [2.45, 2.75) is 37.8 Å². The first-order valence-electron chi connectivity index (χ1n) is 5.33. The van der Waals surface area contributed by atoms with E-state index in [0.29, 0.717) is 0 Å². The van der Waals surface area contributed by atoms with E-state index >= 15 is 0 Å². The fourth-order valence-corrected chi connectivity index (χ4v) is 1.50. The molecular weight excluding hydrogens is 212 g/mol. The number of nitrogens with one attached hydrogen (secondary N) is 1. The van der Waals surface area contributed by atoms with E-state index in [4.69, 9.17) is 15.9 Å². The molecule has 2 atom stereocenters. The van der Waals surface area contributed by atoms with Gasteiger partial charge in [0.25, 0.3) is 0 Å². The Morgan fingerprint density at radius 1 is 1.56 bits per heavy atom. The largest absolute Gasteiger partial charge is 0.479 e. The number of hydrogen-bond acceptors (Lipinski definition) is 4. The minimum atomic E-state index is -1.44. The Morgan fingerprint density at radius 3 is 2.56 bits per heavy atom. The number of aliphatic hydroxyl groups is 1. The normalized spacial score (nSPS) is 20.9. The molecule has 1 saturated carbocycles. The van der Waals surface area contributed by atoms with E-state index in [2.05, 4.69) is 5.32 Å². The van der Waals surface area contributed by atoms with Gasteiger partial charge < -0.3 is 21.3 Å². The maximum atomic E-state index is 11.6. The van der Waals surface area contributed by atoms with Crippen LogP contribution in [0.15, 0.2) is 0 Å². The number of carbonyl (C=O) groups excluding carboxylic acids is 1. The first kappa shape index (κ1) is 12.9. The number of aliphatic carboxylic acids is 1. The molecule has 0 aromatic rings. The van der Waals surface area contributed by atoms with Gasteiger partial charge in [-0.1, -0.05) is 0 Å². The molecule has 0 saturated heterocycles. The number of hydrogen-bond donors (Lipinski definition) is 4. The van der Waals surface area contributed by atoms with E-state index < -0.39 is 17.6 Å². The minimum Gasteiger partial charge on any atom is -0.479 e. The monoisotopic (exact) mass is 230 g/mol. The van der Waals surface area contributed by atoms with Gasteiger partial charge in [-0.25, -0.2) is 4.79 Å². The number of carboxylic acid groups (broad SMARTS) is 1. The van der Waals surface area contributed by atoms with E-state index in [-0.39, 0.29) is 24.8 Å². The molecule has 0 spiro atoms. The molecule has 2 unspecified atom stereocenters. The predicted molar refractivity (Wildman–Crippen MR) is 56.6 cm³/mol. The highest BCUT2D eigenvalue weighted by Crippen LogP contribution is 2.38. The number of aliphatic hydroxyl groups excluding tert-OH is 1. The molecule has 1 fully saturated rings. The number of carboxylic acids is 1. The van der Waals surface area contributed by atoms with Gasteiger partial charge >= 0.3 is 5.97 Å². The Morgan fingerprint density at radius 2 is 2.12 bits per heavy atom. The third-order valence-corrected chi connectivity index (χ3v) is 2.90. The molecule has 1 aliphatic carbocycles. The van der Waals surface area contributed by atoms with Crippen molar-refractivity contribution in [2.75, 3.05) is 6.54 Å². The zero-order chi connectivity index (χ0) is 12.3. The van der Waals surface area contributed by atoms with Crippen molar-refractivity contribution in [1.29, 1.82) is 0 Å². The Hall–Kier alpha value is -1.14. The summed E-state index contributed by atoms with van der Waals surface area (Å²) in [6.45, 7) is 1.79.